The third-order valence-corrected chi connectivity index (χ3v) is 3.05. The fourth-order valence-electron chi connectivity index (χ4n) is 1.72. The molecule has 1 aromatic carbocycles. The minimum Gasteiger partial charge on any atom is -0.504 e. The maximum absolute atomic E-state index is 12.0. The molecule has 23 heavy (non-hydrogen) atoms. The maximum Gasteiger partial charge on any atom is 0.328 e. The molecule has 2 amide bonds. The number of aliphatic hydroxyl groups is 1. The molecule has 0 heterocycles. The standard InChI is InChI=1S/C14H18N2O7/c1-6(12(20)16-10(7(2)17)14(22)23)15-13(21)8-4-3-5-9(18)11(8)19/h3-7,10,17-19H,1-2H3,(H,15,21)(H,16,20)(H,22,23)/t6-,7+,10-/m0/s1. The Morgan fingerprint density at radius 3 is 2.22 bits per heavy atom. The normalized spacial score (nSPS) is 14.4. The van der Waals surface area contributed by atoms with Crippen LogP contribution in [-0.2, 0) is 9.59 Å². The number of rotatable bonds is 6. The van der Waals surface area contributed by atoms with Gasteiger partial charge >= 0.3 is 5.97 Å². The van der Waals surface area contributed by atoms with Crippen LogP contribution in [0.25, 0.3) is 0 Å². The zero-order chi connectivity index (χ0) is 17.7. The van der Waals surface area contributed by atoms with Gasteiger partial charge in [-0.1, -0.05) is 6.07 Å². The van der Waals surface area contributed by atoms with Crippen molar-refractivity contribution in [3.05, 3.63) is 23.8 Å². The Morgan fingerprint density at radius 2 is 1.70 bits per heavy atom. The van der Waals surface area contributed by atoms with E-state index in [0.717, 1.165) is 0 Å². The summed E-state index contributed by atoms with van der Waals surface area (Å²) in [4.78, 5) is 34.7. The minimum absolute atomic E-state index is 0.241. The van der Waals surface area contributed by atoms with Gasteiger partial charge in [0, 0.05) is 0 Å². The number of phenols is 2. The molecule has 0 spiro atoms. The number of benzene rings is 1. The van der Waals surface area contributed by atoms with Crippen LogP contribution in [-0.4, -0.2) is 56.4 Å². The molecule has 3 atom stereocenters. The predicted octanol–water partition coefficient (Wildman–Crippen LogP) is -0.834. The molecule has 0 radical (unpaired) electrons. The van der Waals surface area contributed by atoms with E-state index >= 15 is 0 Å². The monoisotopic (exact) mass is 326 g/mol. The molecule has 0 aromatic heterocycles. The van der Waals surface area contributed by atoms with Crippen molar-refractivity contribution in [1.29, 1.82) is 0 Å². The van der Waals surface area contributed by atoms with Crippen LogP contribution in [0.3, 0.4) is 0 Å². The Balaban J connectivity index is 2.76. The first kappa shape index (κ1) is 18.2. The van der Waals surface area contributed by atoms with Crippen LogP contribution in [0.4, 0.5) is 0 Å². The number of aliphatic carboxylic acids is 1. The van der Waals surface area contributed by atoms with Gasteiger partial charge in [-0.15, -0.1) is 0 Å². The molecule has 9 heteroatoms. The summed E-state index contributed by atoms with van der Waals surface area (Å²) in [5, 5.41) is 41.4. The molecule has 0 aliphatic carbocycles. The van der Waals surface area contributed by atoms with Crippen LogP contribution in [0.1, 0.15) is 24.2 Å². The number of hydrogen-bond acceptors (Lipinski definition) is 6. The molecule has 0 unspecified atom stereocenters. The molecule has 6 N–H and O–H groups in total. The number of phenolic OH excluding ortho intramolecular Hbond substituents is 2. The Bertz CT molecular complexity index is 615. The topological polar surface area (TPSA) is 156 Å². The van der Waals surface area contributed by atoms with Crippen LogP contribution in [0, 0.1) is 0 Å². The van der Waals surface area contributed by atoms with Gasteiger partial charge in [0.2, 0.25) is 5.91 Å². The number of carbonyl (C=O) groups excluding carboxylic acids is 2. The summed E-state index contributed by atoms with van der Waals surface area (Å²) >= 11 is 0. The number of aliphatic hydroxyl groups excluding tert-OH is 1. The van der Waals surface area contributed by atoms with Crippen molar-refractivity contribution < 1.29 is 34.8 Å². The highest BCUT2D eigenvalue weighted by atomic mass is 16.4. The number of carboxylic acid groups (broad SMARTS) is 1. The largest absolute Gasteiger partial charge is 0.504 e. The fraction of sp³-hybridized carbons (Fsp3) is 0.357. The zero-order valence-corrected chi connectivity index (χ0v) is 12.5. The number of nitrogens with one attached hydrogen (secondary N) is 2. The first-order valence-electron chi connectivity index (χ1n) is 6.68. The molecule has 0 bridgehead atoms. The Labute approximate surface area is 131 Å². The molecule has 126 valence electrons. The first-order chi connectivity index (χ1) is 10.6. The molecule has 9 nitrogen and oxygen atoms in total. The van der Waals surface area contributed by atoms with Gasteiger partial charge < -0.3 is 31.1 Å². The summed E-state index contributed by atoms with van der Waals surface area (Å²) in [5.41, 5.74) is -0.241. The molecule has 0 saturated heterocycles. The van der Waals surface area contributed by atoms with Crippen molar-refractivity contribution in [3.8, 4) is 11.5 Å². The Hall–Kier alpha value is -2.81. The van der Waals surface area contributed by atoms with Crippen molar-refractivity contribution in [2.24, 2.45) is 0 Å². The van der Waals surface area contributed by atoms with Gasteiger partial charge in [0.15, 0.2) is 17.5 Å². The average molecular weight is 326 g/mol. The van der Waals surface area contributed by atoms with Crippen LogP contribution < -0.4 is 10.6 Å². The molecule has 0 fully saturated rings. The lowest BCUT2D eigenvalue weighted by molar-refractivity contribution is -0.145. The molecular formula is C14H18N2O7. The van der Waals surface area contributed by atoms with Gasteiger partial charge in [-0.3, -0.25) is 9.59 Å². The van der Waals surface area contributed by atoms with Crippen molar-refractivity contribution in [2.45, 2.75) is 32.0 Å². The van der Waals surface area contributed by atoms with Gasteiger partial charge in [0.25, 0.3) is 5.91 Å². The van der Waals surface area contributed by atoms with Crippen LogP contribution >= 0.6 is 0 Å². The summed E-state index contributed by atoms with van der Waals surface area (Å²) in [6, 6.07) is 1.11. The van der Waals surface area contributed by atoms with E-state index in [0.29, 0.717) is 0 Å². The lowest BCUT2D eigenvalue weighted by Crippen LogP contribution is -2.53. The van der Waals surface area contributed by atoms with E-state index < -0.39 is 47.5 Å². The van der Waals surface area contributed by atoms with E-state index in [4.69, 9.17) is 5.11 Å². The lowest BCUT2D eigenvalue weighted by Gasteiger charge is -2.20. The highest BCUT2D eigenvalue weighted by Crippen LogP contribution is 2.27. The maximum atomic E-state index is 12.0. The number of carboxylic acids is 1. The predicted molar refractivity (Wildman–Crippen MR) is 77.9 cm³/mol. The van der Waals surface area contributed by atoms with Crippen LogP contribution in [0.2, 0.25) is 0 Å². The van der Waals surface area contributed by atoms with E-state index in [9.17, 15) is 29.7 Å². The Kier molecular flexibility index (Phi) is 5.91. The summed E-state index contributed by atoms with van der Waals surface area (Å²) in [6.45, 7) is 2.50. The fourth-order valence-corrected chi connectivity index (χ4v) is 1.72. The van der Waals surface area contributed by atoms with Gasteiger partial charge in [-0.05, 0) is 26.0 Å². The highest BCUT2D eigenvalue weighted by Gasteiger charge is 2.28. The number of hydrogen-bond donors (Lipinski definition) is 6. The second kappa shape index (κ2) is 7.45. The van der Waals surface area contributed by atoms with E-state index in [-0.39, 0.29) is 5.56 Å². The van der Waals surface area contributed by atoms with E-state index in [2.05, 4.69) is 10.6 Å². The molecular weight excluding hydrogens is 308 g/mol. The number of amides is 2. The van der Waals surface area contributed by atoms with Crippen molar-refractivity contribution in [3.63, 3.8) is 0 Å². The summed E-state index contributed by atoms with van der Waals surface area (Å²) < 4.78 is 0. The van der Waals surface area contributed by atoms with Crippen LogP contribution in [0.15, 0.2) is 18.2 Å². The second-order valence-electron chi connectivity index (χ2n) is 4.93. The average Bonchev–Trinajstić information content (AvgIpc) is 2.46. The van der Waals surface area contributed by atoms with Gasteiger partial charge in [-0.25, -0.2) is 4.79 Å². The summed E-state index contributed by atoms with van der Waals surface area (Å²) in [6.07, 6.45) is -1.32. The quantitative estimate of drug-likeness (QED) is 0.372. The van der Waals surface area contributed by atoms with Crippen molar-refractivity contribution in [1.82, 2.24) is 10.6 Å². The van der Waals surface area contributed by atoms with E-state index in [1.54, 1.807) is 0 Å². The molecule has 1 rings (SSSR count). The number of aromatic hydroxyl groups is 2. The second-order valence-corrected chi connectivity index (χ2v) is 4.93. The van der Waals surface area contributed by atoms with E-state index in [1.807, 2.05) is 0 Å². The number of para-hydroxylation sites is 1. The molecule has 1 aromatic rings. The third kappa shape index (κ3) is 4.58. The van der Waals surface area contributed by atoms with Gasteiger partial charge in [0.05, 0.1) is 11.7 Å². The summed E-state index contributed by atoms with van der Waals surface area (Å²) in [7, 11) is 0. The minimum atomic E-state index is -1.52. The van der Waals surface area contributed by atoms with Crippen molar-refractivity contribution in [2.75, 3.05) is 0 Å². The van der Waals surface area contributed by atoms with E-state index in [1.165, 1.54) is 32.0 Å². The lowest BCUT2D eigenvalue weighted by atomic mass is 10.1. The highest BCUT2D eigenvalue weighted by molar-refractivity contribution is 6.00. The molecule has 0 aliphatic heterocycles. The third-order valence-electron chi connectivity index (χ3n) is 3.05. The zero-order valence-electron chi connectivity index (χ0n) is 12.5. The van der Waals surface area contributed by atoms with Gasteiger partial charge in [-0.2, -0.15) is 0 Å². The smallest absolute Gasteiger partial charge is 0.328 e. The summed E-state index contributed by atoms with van der Waals surface area (Å²) in [5.74, 6) is -4.20. The van der Waals surface area contributed by atoms with Gasteiger partial charge in [0.1, 0.15) is 6.04 Å². The molecule has 0 saturated carbocycles. The first-order valence-corrected chi connectivity index (χ1v) is 6.68. The van der Waals surface area contributed by atoms with Crippen molar-refractivity contribution >= 4 is 17.8 Å². The number of carbonyl (C=O) groups is 3. The molecule has 0 aliphatic rings. The Morgan fingerprint density at radius 1 is 1.09 bits per heavy atom. The SMILES string of the molecule is C[C@H](NC(=O)c1cccc(O)c1O)C(=O)N[C@H](C(=O)O)[C@@H](C)O. The van der Waals surface area contributed by atoms with Crippen LogP contribution in [0.5, 0.6) is 11.5 Å².